The molecule has 1 saturated heterocycles. The van der Waals surface area contributed by atoms with E-state index in [1.165, 1.54) is 0 Å². The van der Waals surface area contributed by atoms with Gasteiger partial charge in [0.2, 0.25) is 5.91 Å². The Bertz CT molecular complexity index is 183. The largest absolute Gasteiger partial charge is 0.356 e. The van der Waals surface area contributed by atoms with Crippen molar-refractivity contribution in [3.63, 3.8) is 0 Å². The van der Waals surface area contributed by atoms with E-state index in [0.29, 0.717) is 5.92 Å². The molecule has 0 spiro atoms. The maximum atomic E-state index is 11.9. The quantitative estimate of drug-likeness (QED) is 0.680. The van der Waals surface area contributed by atoms with E-state index in [-0.39, 0.29) is 11.3 Å². The molecule has 0 bridgehead atoms. The minimum absolute atomic E-state index is 0.157. The summed E-state index contributed by atoms with van der Waals surface area (Å²) in [6.45, 7) is 8.75. The summed E-state index contributed by atoms with van der Waals surface area (Å²) in [5.41, 5.74) is -0.157. The van der Waals surface area contributed by atoms with Crippen LogP contribution in [-0.4, -0.2) is 25.5 Å². The zero-order chi connectivity index (χ0) is 9.90. The summed E-state index contributed by atoms with van der Waals surface area (Å²) in [5, 5.41) is 6.20. The Kier molecular flexibility index (Phi) is 3.31. The molecule has 0 aromatic heterocycles. The normalized spacial score (nSPS) is 28.0. The molecule has 1 aliphatic rings. The molecular formula is C10H20N2O. The highest BCUT2D eigenvalue weighted by Gasteiger charge is 2.43. The third-order valence-electron chi connectivity index (χ3n) is 3.08. The van der Waals surface area contributed by atoms with Crippen molar-refractivity contribution in [3.8, 4) is 0 Å². The molecule has 0 radical (unpaired) electrons. The van der Waals surface area contributed by atoms with Crippen LogP contribution in [0.3, 0.4) is 0 Å². The molecule has 2 N–H and O–H groups in total. The van der Waals surface area contributed by atoms with Gasteiger partial charge in [0.1, 0.15) is 0 Å². The van der Waals surface area contributed by atoms with Crippen LogP contribution in [-0.2, 0) is 4.79 Å². The molecule has 0 aliphatic carbocycles. The molecule has 1 unspecified atom stereocenters. The van der Waals surface area contributed by atoms with Crippen LogP contribution in [0.1, 0.15) is 27.2 Å². The number of carbonyl (C=O) groups is 1. The lowest BCUT2D eigenvalue weighted by molar-refractivity contribution is -0.132. The molecule has 0 aromatic rings. The lowest BCUT2D eigenvalue weighted by Crippen LogP contribution is -2.45. The fourth-order valence-corrected chi connectivity index (χ4v) is 2.00. The van der Waals surface area contributed by atoms with Gasteiger partial charge in [-0.15, -0.1) is 0 Å². The highest BCUT2D eigenvalue weighted by molar-refractivity contribution is 5.83. The number of hydrogen-bond donors (Lipinski definition) is 2. The van der Waals surface area contributed by atoms with Gasteiger partial charge in [-0.05, 0) is 25.8 Å². The summed E-state index contributed by atoms with van der Waals surface area (Å²) in [7, 11) is 0. The van der Waals surface area contributed by atoms with Crippen LogP contribution in [0.25, 0.3) is 0 Å². The van der Waals surface area contributed by atoms with Crippen LogP contribution in [0.4, 0.5) is 0 Å². The number of amides is 1. The SMILES string of the molecule is CCNC(=O)C1(C(C)C)CCNC1. The monoisotopic (exact) mass is 184 g/mol. The summed E-state index contributed by atoms with van der Waals surface area (Å²) in [6, 6.07) is 0. The van der Waals surface area contributed by atoms with Crippen LogP contribution in [0.2, 0.25) is 0 Å². The number of hydrogen-bond acceptors (Lipinski definition) is 2. The molecule has 0 aromatic carbocycles. The molecule has 13 heavy (non-hydrogen) atoms. The molecule has 1 amide bonds. The van der Waals surface area contributed by atoms with E-state index in [2.05, 4.69) is 24.5 Å². The van der Waals surface area contributed by atoms with Gasteiger partial charge in [0.25, 0.3) is 0 Å². The van der Waals surface area contributed by atoms with E-state index >= 15 is 0 Å². The second kappa shape index (κ2) is 4.09. The third kappa shape index (κ3) is 1.85. The minimum atomic E-state index is -0.157. The van der Waals surface area contributed by atoms with Crippen LogP contribution in [0.5, 0.6) is 0 Å². The second-order valence-electron chi connectivity index (χ2n) is 4.10. The first kappa shape index (κ1) is 10.5. The van der Waals surface area contributed by atoms with E-state index in [4.69, 9.17) is 0 Å². The number of carbonyl (C=O) groups excluding carboxylic acids is 1. The lowest BCUT2D eigenvalue weighted by Gasteiger charge is -2.30. The maximum absolute atomic E-state index is 11.9. The summed E-state index contributed by atoms with van der Waals surface area (Å²) >= 11 is 0. The zero-order valence-electron chi connectivity index (χ0n) is 8.81. The third-order valence-corrected chi connectivity index (χ3v) is 3.08. The van der Waals surface area contributed by atoms with Crippen LogP contribution in [0.15, 0.2) is 0 Å². The van der Waals surface area contributed by atoms with Crippen molar-refractivity contribution in [1.82, 2.24) is 10.6 Å². The molecule has 1 atom stereocenters. The summed E-state index contributed by atoms with van der Waals surface area (Å²) < 4.78 is 0. The van der Waals surface area contributed by atoms with E-state index in [1.54, 1.807) is 0 Å². The maximum Gasteiger partial charge on any atom is 0.227 e. The average Bonchev–Trinajstić information content (AvgIpc) is 2.53. The fourth-order valence-electron chi connectivity index (χ4n) is 2.00. The zero-order valence-corrected chi connectivity index (χ0v) is 8.81. The van der Waals surface area contributed by atoms with Gasteiger partial charge in [-0.3, -0.25) is 4.79 Å². The van der Waals surface area contributed by atoms with E-state index in [1.807, 2.05) is 6.92 Å². The van der Waals surface area contributed by atoms with Crippen LogP contribution < -0.4 is 10.6 Å². The molecule has 3 nitrogen and oxygen atoms in total. The minimum Gasteiger partial charge on any atom is -0.356 e. The molecule has 76 valence electrons. The van der Waals surface area contributed by atoms with Crippen molar-refractivity contribution >= 4 is 5.91 Å². The van der Waals surface area contributed by atoms with Gasteiger partial charge < -0.3 is 10.6 Å². The molecule has 1 heterocycles. The summed E-state index contributed by atoms with van der Waals surface area (Å²) in [4.78, 5) is 11.9. The van der Waals surface area contributed by atoms with E-state index in [9.17, 15) is 4.79 Å². The van der Waals surface area contributed by atoms with Gasteiger partial charge in [0.05, 0.1) is 5.41 Å². The van der Waals surface area contributed by atoms with Gasteiger partial charge in [-0.1, -0.05) is 13.8 Å². The van der Waals surface area contributed by atoms with Crippen molar-refractivity contribution in [2.45, 2.75) is 27.2 Å². The number of nitrogens with one attached hydrogen (secondary N) is 2. The van der Waals surface area contributed by atoms with Crippen LogP contribution in [0, 0.1) is 11.3 Å². The van der Waals surface area contributed by atoms with E-state index in [0.717, 1.165) is 26.1 Å². The van der Waals surface area contributed by atoms with E-state index < -0.39 is 0 Å². The average molecular weight is 184 g/mol. The van der Waals surface area contributed by atoms with Gasteiger partial charge in [-0.2, -0.15) is 0 Å². The number of rotatable bonds is 3. The fraction of sp³-hybridized carbons (Fsp3) is 0.900. The highest BCUT2D eigenvalue weighted by atomic mass is 16.2. The lowest BCUT2D eigenvalue weighted by atomic mass is 9.75. The van der Waals surface area contributed by atoms with Crippen molar-refractivity contribution in [3.05, 3.63) is 0 Å². The Hall–Kier alpha value is -0.570. The first-order valence-corrected chi connectivity index (χ1v) is 5.12. The Balaban J connectivity index is 2.72. The Morgan fingerprint density at radius 2 is 2.31 bits per heavy atom. The first-order valence-electron chi connectivity index (χ1n) is 5.12. The Morgan fingerprint density at radius 3 is 2.69 bits per heavy atom. The van der Waals surface area contributed by atoms with Crippen molar-refractivity contribution in [2.24, 2.45) is 11.3 Å². The van der Waals surface area contributed by atoms with Gasteiger partial charge in [0.15, 0.2) is 0 Å². The van der Waals surface area contributed by atoms with Gasteiger partial charge in [-0.25, -0.2) is 0 Å². The predicted molar refractivity (Wildman–Crippen MR) is 53.4 cm³/mol. The van der Waals surface area contributed by atoms with Gasteiger partial charge in [0, 0.05) is 13.1 Å². The molecule has 1 fully saturated rings. The van der Waals surface area contributed by atoms with Crippen molar-refractivity contribution in [1.29, 1.82) is 0 Å². The Labute approximate surface area is 80.3 Å². The second-order valence-corrected chi connectivity index (χ2v) is 4.10. The highest BCUT2D eigenvalue weighted by Crippen LogP contribution is 2.34. The molecule has 3 heteroatoms. The van der Waals surface area contributed by atoms with Crippen LogP contribution >= 0.6 is 0 Å². The molecule has 1 aliphatic heterocycles. The molecule has 1 rings (SSSR count). The summed E-state index contributed by atoms with van der Waals surface area (Å²) in [5.74, 6) is 0.629. The topological polar surface area (TPSA) is 41.1 Å². The first-order chi connectivity index (χ1) is 6.13. The van der Waals surface area contributed by atoms with Gasteiger partial charge >= 0.3 is 0 Å². The predicted octanol–water partition coefficient (Wildman–Crippen LogP) is 0.758. The summed E-state index contributed by atoms with van der Waals surface area (Å²) in [6.07, 6.45) is 0.969. The Morgan fingerprint density at radius 1 is 1.62 bits per heavy atom. The molecule has 0 saturated carbocycles. The van der Waals surface area contributed by atoms with Crippen molar-refractivity contribution in [2.75, 3.05) is 19.6 Å². The van der Waals surface area contributed by atoms with Crippen molar-refractivity contribution < 1.29 is 4.79 Å². The molecular weight excluding hydrogens is 164 g/mol. The smallest absolute Gasteiger partial charge is 0.227 e. The standard InChI is InChI=1S/C10H20N2O/c1-4-12-9(13)10(8(2)3)5-6-11-7-10/h8,11H,4-7H2,1-3H3,(H,12,13).